The number of likely N-dealkylation sites (N-methyl/N-ethyl adjacent to an activating group) is 1. The standard InChI is InChI=1S/C15H17NS/c1-16-15(13-5-3-2-4-6-13)9-7-14-12(11-15)8-10-17-14/h2-6,8,10,16H,7,9,11H2,1H3. The first kappa shape index (κ1) is 11.0. The van der Waals surface area contributed by atoms with Gasteiger partial charge in [-0.1, -0.05) is 30.3 Å². The normalized spacial score (nSPS) is 23.4. The molecule has 17 heavy (non-hydrogen) atoms. The number of benzene rings is 1. The van der Waals surface area contributed by atoms with Crippen LogP contribution in [0.4, 0.5) is 0 Å². The second-order valence-electron chi connectivity index (χ2n) is 4.74. The second-order valence-corrected chi connectivity index (χ2v) is 5.74. The lowest BCUT2D eigenvalue weighted by Crippen LogP contribution is -2.44. The van der Waals surface area contributed by atoms with Gasteiger partial charge in [0.25, 0.3) is 0 Å². The lowest BCUT2D eigenvalue weighted by Gasteiger charge is -2.37. The summed E-state index contributed by atoms with van der Waals surface area (Å²) in [6, 6.07) is 13.1. The van der Waals surface area contributed by atoms with Crippen LogP contribution in [0.5, 0.6) is 0 Å². The Labute approximate surface area is 106 Å². The minimum atomic E-state index is 0.134. The molecule has 88 valence electrons. The highest BCUT2D eigenvalue weighted by atomic mass is 32.1. The van der Waals surface area contributed by atoms with Crippen molar-refractivity contribution in [3.05, 3.63) is 57.8 Å². The summed E-state index contributed by atoms with van der Waals surface area (Å²) in [5.41, 5.74) is 3.08. The Bertz CT molecular complexity index is 503. The molecule has 1 atom stereocenters. The summed E-state index contributed by atoms with van der Waals surface area (Å²) in [5, 5.41) is 5.79. The maximum atomic E-state index is 3.57. The SMILES string of the molecule is CNC1(c2ccccc2)CCc2sccc2C1. The molecular formula is C15H17NS. The topological polar surface area (TPSA) is 12.0 Å². The molecule has 0 amide bonds. The summed E-state index contributed by atoms with van der Waals surface area (Å²) >= 11 is 1.90. The van der Waals surface area contributed by atoms with Gasteiger partial charge in [-0.3, -0.25) is 0 Å². The van der Waals surface area contributed by atoms with Crippen molar-refractivity contribution in [3.8, 4) is 0 Å². The first-order chi connectivity index (χ1) is 8.34. The molecule has 1 heterocycles. The molecule has 1 nitrogen and oxygen atoms in total. The molecule has 0 spiro atoms. The van der Waals surface area contributed by atoms with Crippen LogP contribution in [0.25, 0.3) is 0 Å². The highest BCUT2D eigenvalue weighted by molar-refractivity contribution is 7.10. The van der Waals surface area contributed by atoms with E-state index in [1.54, 1.807) is 4.88 Å². The van der Waals surface area contributed by atoms with E-state index < -0.39 is 0 Å². The van der Waals surface area contributed by atoms with Crippen LogP contribution in [0, 0.1) is 0 Å². The number of aryl methyl sites for hydroxylation is 1. The molecule has 2 aromatic rings. The van der Waals surface area contributed by atoms with E-state index in [4.69, 9.17) is 0 Å². The number of nitrogens with one attached hydrogen (secondary N) is 1. The Balaban J connectivity index is 2.01. The third-order valence-corrected chi connectivity index (χ3v) is 4.94. The van der Waals surface area contributed by atoms with Crippen molar-refractivity contribution in [1.29, 1.82) is 0 Å². The third-order valence-electron chi connectivity index (χ3n) is 3.91. The Morgan fingerprint density at radius 2 is 2.00 bits per heavy atom. The summed E-state index contributed by atoms with van der Waals surface area (Å²) < 4.78 is 0. The molecular weight excluding hydrogens is 226 g/mol. The lowest BCUT2D eigenvalue weighted by molar-refractivity contribution is 0.317. The molecule has 1 aromatic carbocycles. The van der Waals surface area contributed by atoms with Gasteiger partial charge in [-0.25, -0.2) is 0 Å². The van der Waals surface area contributed by atoms with E-state index >= 15 is 0 Å². The van der Waals surface area contributed by atoms with Crippen molar-refractivity contribution in [2.45, 2.75) is 24.8 Å². The predicted molar refractivity (Wildman–Crippen MR) is 73.5 cm³/mol. The van der Waals surface area contributed by atoms with E-state index in [0.717, 1.165) is 6.42 Å². The van der Waals surface area contributed by atoms with E-state index in [1.807, 2.05) is 11.3 Å². The Hall–Kier alpha value is -1.12. The van der Waals surface area contributed by atoms with Gasteiger partial charge in [0.05, 0.1) is 0 Å². The predicted octanol–water partition coefficient (Wildman–Crippen LogP) is 3.35. The van der Waals surface area contributed by atoms with Crippen molar-refractivity contribution in [3.63, 3.8) is 0 Å². The van der Waals surface area contributed by atoms with Gasteiger partial charge in [0.1, 0.15) is 0 Å². The highest BCUT2D eigenvalue weighted by Crippen LogP contribution is 2.38. The van der Waals surface area contributed by atoms with Crippen LogP contribution in [0.3, 0.4) is 0 Å². The molecule has 1 aliphatic rings. The number of thiophene rings is 1. The quantitative estimate of drug-likeness (QED) is 0.853. The van der Waals surface area contributed by atoms with Crippen molar-refractivity contribution in [2.75, 3.05) is 7.05 Å². The van der Waals surface area contributed by atoms with Gasteiger partial charge >= 0.3 is 0 Å². The molecule has 0 saturated carbocycles. The fourth-order valence-corrected chi connectivity index (χ4v) is 3.75. The van der Waals surface area contributed by atoms with Crippen LogP contribution in [-0.2, 0) is 18.4 Å². The van der Waals surface area contributed by atoms with Crippen LogP contribution in [0.15, 0.2) is 41.8 Å². The maximum Gasteiger partial charge on any atom is 0.0476 e. The summed E-state index contributed by atoms with van der Waals surface area (Å²) in [6.45, 7) is 0. The van der Waals surface area contributed by atoms with Crippen LogP contribution < -0.4 is 5.32 Å². The zero-order chi connectivity index (χ0) is 11.7. The largest absolute Gasteiger partial charge is 0.310 e. The molecule has 0 fully saturated rings. The first-order valence-corrected chi connectivity index (χ1v) is 7.02. The smallest absolute Gasteiger partial charge is 0.0476 e. The summed E-state index contributed by atoms with van der Waals surface area (Å²) in [4.78, 5) is 1.58. The lowest BCUT2D eigenvalue weighted by atomic mass is 9.76. The van der Waals surface area contributed by atoms with Gasteiger partial charge in [-0.15, -0.1) is 11.3 Å². The van der Waals surface area contributed by atoms with Crippen molar-refractivity contribution in [1.82, 2.24) is 5.32 Å². The van der Waals surface area contributed by atoms with Crippen molar-refractivity contribution >= 4 is 11.3 Å². The molecule has 0 bridgehead atoms. The molecule has 1 aliphatic carbocycles. The molecule has 0 aliphatic heterocycles. The molecule has 2 heteroatoms. The zero-order valence-corrected chi connectivity index (χ0v) is 10.9. The third kappa shape index (κ3) is 1.81. The summed E-state index contributed by atoms with van der Waals surface area (Å²) in [7, 11) is 2.09. The molecule has 0 saturated heterocycles. The average Bonchev–Trinajstić information content (AvgIpc) is 2.86. The van der Waals surface area contributed by atoms with Gasteiger partial charge in [0.2, 0.25) is 0 Å². The maximum absolute atomic E-state index is 3.57. The highest BCUT2D eigenvalue weighted by Gasteiger charge is 2.34. The molecule has 3 rings (SSSR count). The van der Waals surface area contributed by atoms with Crippen LogP contribution >= 0.6 is 11.3 Å². The summed E-state index contributed by atoms with van der Waals surface area (Å²) in [6.07, 6.45) is 3.51. The van der Waals surface area contributed by atoms with Crippen LogP contribution in [0.2, 0.25) is 0 Å². The van der Waals surface area contributed by atoms with Gasteiger partial charge in [-0.05, 0) is 48.9 Å². The number of hydrogen-bond donors (Lipinski definition) is 1. The van der Waals surface area contributed by atoms with E-state index in [-0.39, 0.29) is 5.54 Å². The number of hydrogen-bond acceptors (Lipinski definition) is 2. The van der Waals surface area contributed by atoms with Gasteiger partial charge in [-0.2, -0.15) is 0 Å². The number of rotatable bonds is 2. The average molecular weight is 243 g/mol. The first-order valence-electron chi connectivity index (χ1n) is 6.14. The molecule has 1 N–H and O–H groups in total. The van der Waals surface area contributed by atoms with Gasteiger partial charge in [0.15, 0.2) is 0 Å². The Morgan fingerprint density at radius 1 is 1.18 bits per heavy atom. The molecule has 1 unspecified atom stereocenters. The van der Waals surface area contributed by atoms with Crippen molar-refractivity contribution < 1.29 is 0 Å². The molecule has 1 aromatic heterocycles. The summed E-state index contributed by atoms with van der Waals surface area (Å²) in [5.74, 6) is 0. The molecule has 0 radical (unpaired) electrons. The van der Waals surface area contributed by atoms with Crippen LogP contribution in [0.1, 0.15) is 22.4 Å². The van der Waals surface area contributed by atoms with E-state index in [0.29, 0.717) is 0 Å². The monoisotopic (exact) mass is 243 g/mol. The minimum Gasteiger partial charge on any atom is -0.310 e. The Morgan fingerprint density at radius 3 is 2.76 bits per heavy atom. The second kappa shape index (κ2) is 4.28. The fraction of sp³-hybridized carbons (Fsp3) is 0.333. The zero-order valence-electron chi connectivity index (χ0n) is 10.1. The van der Waals surface area contributed by atoms with Gasteiger partial charge < -0.3 is 5.32 Å². The number of fused-ring (bicyclic) bond motifs is 1. The van der Waals surface area contributed by atoms with Gasteiger partial charge in [0, 0.05) is 10.4 Å². The van der Waals surface area contributed by atoms with E-state index in [9.17, 15) is 0 Å². The van der Waals surface area contributed by atoms with Crippen molar-refractivity contribution in [2.24, 2.45) is 0 Å². The van der Waals surface area contributed by atoms with E-state index in [2.05, 4.69) is 54.1 Å². The van der Waals surface area contributed by atoms with Crippen LogP contribution in [-0.4, -0.2) is 7.05 Å². The van der Waals surface area contributed by atoms with E-state index in [1.165, 1.54) is 24.0 Å². The fourth-order valence-electron chi connectivity index (χ4n) is 2.85. The minimum absolute atomic E-state index is 0.134. The Kier molecular flexibility index (Phi) is 2.77.